The first-order valence-electron chi connectivity index (χ1n) is 6.49. The molecule has 1 aromatic carbocycles. The molecule has 1 rings (SSSR count). The summed E-state index contributed by atoms with van der Waals surface area (Å²) in [6, 6.07) is 7.80. The Morgan fingerprint density at radius 2 is 2.11 bits per heavy atom. The molecule has 0 bridgehead atoms. The molecule has 0 aromatic heterocycles. The maximum absolute atomic E-state index is 11.6. The van der Waals surface area contributed by atoms with E-state index in [-0.39, 0.29) is 5.91 Å². The van der Waals surface area contributed by atoms with E-state index < -0.39 is 0 Å². The van der Waals surface area contributed by atoms with Crippen LogP contribution >= 0.6 is 11.8 Å². The van der Waals surface area contributed by atoms with Crippen LogP contribution in [0, 0.1) is 0 Å². The highest BCUT2D eigenvalue weighted by atomic mass is 32.2. The molecule has 0 unspecified atom stereocenters. The molecule has 0 spiro atoms. The lowest BCUT2D eigenvalue weighted by atomic mass is 10.3. The van der Waals surface area contributed by atoms with Crippen molar-refractivity contribution in [3.63, 3.8) is 0 Å². The number of hydrogen-bond donors (Lipinski definition) is 1. The summed E-state index contributed by atoms with van der Waals surface area (Å²) in [5.74, 6) is 1.38. The number of carbonyl (C=O) groups is 1. The van der Waals surface area contributed by atoms with Crippen molar-refractivity contribution in [2.75, 3.05) is 18.9 Å². The van der Waals surface area contributed by atoms with Gasteiger partial charge in [0.2, 0.25) is 5.91 Å². The molecule has 1 amide bonds. The molecule has 0 atom stereocenters. The van der Waals surface area contributed by atoms with Crippen LogP contribution in [0.25, 0.3) is 0 Å². The van der Waals surface area contributed by atoms with Crippen LogP contribution < -0.4 is 10.1 Å². The molecule has 104 valence electrons. The summed E-state index contributed by atoms with van der Waals surface area (Å²) in [7, 11) is 0. The molecule has 0 aliphatic carbocycles. The van der Waals surface area contributed by atoms with Gasteiger partial charge in [0.15, 0.2) is 0 Å². The van der Waals surface area contributed by atoms with Gasteiger partial charge in [-0.2, -0.15) is 0 Å². The van der Waals surface area contributed by atoms with Crippen molar-refractivity contribution < 1.29 is 9.53 Å². The van der Waals surface area contributed by atoms with Gasteiger partial charge >= 0.3 is 0 Å². The summed E-state index contributed by atoms with van der Waals surface area (Å²) in [6.07, 6.45) is 4.91. The average molecular weight is 279 g/mol. The van der Waals surface area contributed by atoms with Crippen molar-refractivity contribution in [1.82, 2.24) is 5.32 Å². The SMILES string of the molecule is C/C=C/CCNC(=O)CSc1ccc(OCC)cc1. The maximum atomic E-state index is 11.6. The third-order valence-electron chi connectivity index (χ3n) is 2.37. The Bertz CT molecular complexity index is 401. The Morgan fingerprint density at radius 3 is 2.74 bits per heavy atom. The van der Waals surface area contributed by atoms with Crippen molar-refractivity contribution >= 4 is 17.7 Å². The second kappa shape index (κ2) is 9.50. The minimum atomic E-state index is 0.0726. The van der Waals surface area contributed by atoms with Gasteiger partial charge in [-0.25, -0.2) is 0 Å². The minimum Gasteiger partial charge on any atom is -0.494 e. The fraction of sp³-hybridized carbons (Fsp3) is 0.400. The Kier molecular flexibility index (Phi) is 7.82. The number of thioether (sulfide) groups is 1. The summed E-state index contributed by atoms with van der Waals surface area (Å²) in [6.45, 7) is 5.30. The van der Waals surface area contributed by atoms with Crippen LogP contribution in [0.15, 0.2) is 41.3 Å². The smallest absolute Gasteiger partial charge is 0.230 e. The fourth-order valence-electron chi connectivity index (χ4n) is 1.46. The first-order valence-corrected chi connectivity index (χ1v) is 7.48. The number of ether oxygens (including phenoxy) is 1. The maximum Gasteiger partial charge on any atom is 0.230 e. The molecule has 0 aliphatic rings. The van der Waals surface area contributed by atoms with E-state index in [1.165, 1.54) is 11.8 Å². The van der Waals surface area contributed by atoms with Crippen LogP contribution in [-0.4, -0.2) is 24.8 Å². The van der Waals surface area contributed by atoms with E-state index in [2.05, 4.69) is 5.32 Å². The van der Waals surface area contributed by atoms with Gasteiger partial charge in [0.25, 0.3) is 0 Å². The summed E-state index contributed by atoms with van der Waals surface area (Å²) >= 11 is 1.53. The van der Waals surface area contributed by atoms with E-state index in [0.29, 0.717) is 18.9 Å². The lowest BCUT2D eigenvalue weighted by Gasteiger charge is -2.05. The predicted molar refractivity (Wildman–Crippen MR) is 80.8 cm³/mol. The number of hydrogen-bond acceptors (Lipinski definition) is 3. The Labute approximate surface area is 119 Å². The zero-order valence-corrected chi connectivity index (χ0v) is 12.3. The van der Waals surface area contributed by atoms with Crippen molar-refractivity contribution in [1.29, 1.82) is 0 Å². The molecular weight excluding hydrogens is 258 g/mol. The van der Waals surface area contributed by atoms with Crippen molar-refractivity contribution in [2.24, 2.45) is 0 Å². The number of allylic oxidation sites excluding steroid dienone is 1. The highest BCUT2D eigenvalue weighted by molar-refractivity contribution is 8.00. The normalized spacial score (nSPS) is 10.6. The summed E-state index contributed by atoms with van der Waals surface area (Å²) in [5.41, 5.74) is 0. The van der Waals surface area contributed by atoms with Crippen LogP contribution in [0.5, 0.6) is 5.75 Å². The molecule has 1 N–H and O–H groups in total. The molecule has 3 nitrogen and oxygen atoms in total. The second-order valence-corrected chi connectivity index (χ2v) is 4.95. The molecule has 0 saturated carbocycles. The lowest BCUT2D eigenvalue weighted by molar-refractivity contribution is -0.118. The monoisotopic (exact) mass is 279 g/mol. The van der Waals surface area contributed by atoms with Crippen LogP contribution in [0.3, 0.4) is 0 Å². The third kappa shape index (κ3) is 6.91. The first-order chi connectivity index (χ1) is 9.26. The molecule has 0 saturated heterocycles. The van der Waals surface area contributed by atoms with E-state index in [0.717, 1.165) is 17.1 Å². The number of amides is 1. The van der Waals surface area contributed by atoms with E-state index in [4.69, 9.17) is 4.74 Å². The zero-order chi connectivity index (χ0) is 13.9. The van der Waals surface area contributed by atoms with Crippen LogP contribution in [0.4, 0.5) is 0 Å². The largest absolute Gasteiger partial charge is 0.494 e. The topological polar surface area (TPSA) is 38.3 Å². The van der Waals surface area contributed by atoms with Crippen molar-refractivity contribution in [3.05, 3.63) is 36.4 Å². The van der Waals surface area contributed by atoms with Gasteiger partial charge in [0.05, 0.1) is 12.4 Å². The van der Waals surface area contributed by atoms with Gasteiger partial charge in [-0.15, -0.1) is 11.8 Å². The number of benzene rings is 1. The first kappa shape index (κ1) is 15.6. The zero-order valence-electron chi connectivity index (χ0n) is 11.5. The van der Waals surface area contributed by atoms with Crippen LogP contribution in [0.2, 0.25) is 0 Å². The number of rotatable bonds is 8. The predicted octanol–water partition coefficient (Wildman–Crippen LogP) is 3.26. The summed E-state index contributed by atoms with van der Waals surface area (Å²) < 4.78 is 5.37. The highest BCUT2D eigenvalue weighted by Crippen LogP contribution is 2.21. The van der Waals surface area contributed by atoms with Gasteiger partial charge in [0.1, 0.15) is 5.75 Å². The van der Waals surface area contributed by atoms with Gasteiger partial charge in [-0.05, 0) is 44.5 Å². The molecule has 19 heavy (non-hydrogen) atoms. The molecule has 0 aliphatic heterocycles. The molecular formula is C15H21NO2S. The van der Waals surface area contributed by atoms with Gasteiger partial charge < -0.3 is 10.1 Å². The minimum absolute atomic E-state index is 0.0726. The number of carbonyl (C=O) groups excluding carboxylic acids is 1. The number of nitrogens with one attached hydrogen (secondary N) is 1. The molecule has 1 aromatic rings. The third-order valence-corrected chi connectivity index (χ3v) is 3.39. The Balaban J connectivity index is 2.25. The quantitative estimate of drug-likeness (QED) is 0.451. The Hall–Kier alpha value is -1.42. The average Bonchev–Trinajstić information content (AvgIpc) is 2.43. The molecule has 0 fully saturated rings. The van der Waals surface area contributed by atoms with Crippen LogP contribution in [0.1, 0.15) is 20.3 Å². The van der Waals surface area contributed by atoms with Gasteiger partial charge in [-0.3, -0.25) is 4.79 Å². The molecule has 0 heterocycles. The highest BCUT2D eigenvalue weighted by Gasteiger charge is 2.02. The van der Waals surface area contributed by atoms with Crippen LogP contribution in [-0.2, 0) is 4.79 Å². The lowest BCUT2D eigenvalue weighted by Crippen LogP contribution is -2.25. The van der Waals surface area contributed by atoms with Gasteiger partial charge in [-0.1, -0.05) is 12.2 Å². The Morgan fingerprint density at radius 1 is 1.37 bits per heavy atom. The fourth-order valence-corrected chi connectivity index (χ4v) is 2.19. The molecule has 0 radical (unpaired) electrons. The van der Waals surface area contributed by atoms with E-state index in [1.54, 1.807) is 0 Å². The standard InChI is InChI=1S/C15H21NO2S/c1-3-5-6-11-16-15(17)12-19-14-9-7-13(8-10-14)18-4-2/h3,5,7-10H,4,6,11-12H2,1-2H3,(H,16,17)/b5-3+. The van der Waals surface area contributed by atoms with Gasteiger partial charge in [0, 0.05) is 11.4 Å². The summed E-state index contributed by atoms with van der Waals surface area (Å²) in [4.78, 5) is 12.6. The summed E-state index contributed by atoms with van der Waals surface area (Å²) in [5, 5.41) is 2.88. The van der Waals surface area contributed by atoms with Crippen molar-refractivity contribution in [2.45, 2.75) is 25.2 Å². The van der Waals surface area contributed by atoms with Crippen molar-refractivity contribution in [3.8, 4) is 5.75 Å². The van der Waals surface area contributed by atoms with E-state index in [9.17, 15) is 4.79 Å². The van der Waals surface area contributed by atoms with E-state index >= 15 is 0 Å². The molecule has 4 heteroatoms. The van der Waals surface area contributed by atoms with E-state index in [1.807, 2.05) is 50.3 Å². The second-order valence-electron chi connectivity index (χ2n) is 3.90.